The third-order valence-corrected chi connectivity index (χ3v) is 20.9. The van der Waals surface area contributed by atoms with E-state index in [4.69, 9.17) is 90.0 Å². The Morgan fingerprint density at radius 1 is 0.135 bits per heavy atom. The summed E-state index contributed by atoms with van der Waals surface area (Å²) in [5, 5.41) is 350. The summed E-state index contributed by atoms with van der Waals surface area (Å²) in [5.74, 6) is 0. The number of rotatable bonds is 28. The molecule has 32 N–H and O–H groups in total. The zero-order valence-electron chi connectivity index (χ0n) is 58.0. The minimum absolute atomic E-state index is 0.916. The van der Waals surface area contributed by atoms with Crippen LogP contribution in [0.3, 0.4) is 0 Å². The molecule has 0 aromatic heterocycles. The topological polar surface area (TPSA) is 823 Å². The number of aliphatic hydroxyl groups is 32. The first-order chi connectivity index (χ1) is 52.7. The Kier molecular flexibility index (Phi) is 32.4. The Labute approximate surface area is 625 Å². The quantitative estimate of drug-likeness (QED) is 0.0346. The number of ether oxygens (including phenoxy) is 19. The zero-order valence-corrected chi connectivity index (χ0v) is 58.0. The first-order valence-electron chi connectivity index (χ1n) is 35.2. The van der Waals surface area contributed by atoms with Crippen molar-refractivity contribution in [2.45, 2.75) is 307 Å². The molecule has 111 heavy (non-hydrogen) atoms. The van der Waals surface area contributed by atoms with Crippen molar-refractivity contribution in [3.05, 3.63) is 0 Å². The first-order valence-corrected chi connectivity index (χ1v) is 35.2. The maximum Gasteiger partial charge on any atom is 0.187 e. The molecule has 10 saturated heterocycles. The Hall–Kier alpha value is -2.04. The van der Waals surface area contributed by atoms with E-state index in [-0.39, 0.29) is 0 Å². The summed E-state index contributed by atoms with van der Waals surface area (Å²) in [5.41, 5.74) is 0. The van der Waals surface area contributed by atoms with Crippen LogP contribution in [0.5, 0.6) is 0 Å². The molecular weight excluding hydrogens is 1540 g/mol. The van der Waals surface area contributed by atoms with Gasteiger partial charge in [-0.1, -0.05) is 0 Å². The minimum atomic E-state index is -2.46. The fourth-order valence-corrected chi connectivity index (χ4v) is 14.4. The molecule has 0 unspecified atom stereocenters. The van der Waals surface area contributed by atoms with Crippen LogP contribution in [0.4, 0.5) is 0 Å². The van der Waals surface area contributed by atoms with Crippen molar-refractivity contribution in [2.75, 3.05) is 66.1 Å². The number of hydrogen-bond donors (Lipinski definition) is 32. The lowest BCUT2D eigenvalue weighted by Crippen LogP contribution is -2.69. The van der Waals surface area contributed by atoms with Crippen molar-refractivity contribution in [1.82, 2.24) is 0 Å². The van der Waals surface area contributed by atoms with E-state index >= 15 is 0 Å². The summed E-state index contributed by atoms with van der Waals surface area (Å²) in [7, 11) is 0. The molecule has 10 heterocycles. The maximum absolute atomic E-state index is 11.9. The Morgan fingerprint density at radius 2 is 0.261 bits per heavy atom. The third kappa shape index (κ3) is 18.8. The van der Waals surface area contributed by atoms with Gasteiger partial charge in [0.1, 0.15) is 244 Å². The SMILES string of the molecule is OC[C@H]1O[C@@H](O[C@@H]2[C@@H](O)[C@H](O[C@@H]3[C@@H](O)[C@H](O[C@@H]4[C@@H](O)[C@H](O[C@@H]5[C@@H](O)[C@H](O[C@@H]6[C@@H](O)[C@H](O[C@@H]7[C@@H](O)[C@H](O[C@@H]8[C@@H](O)[C@H](O[C@@H]9[C@@H](O)[C@H](O[C@@H]%10[C@@H](O)[C@H](O)O[C@H](CO)[C@H]%10O)O[C@H](CO)[C@H]9O)O[C@H](CO)[C@H]8O)O[C@H](CO)[C@H]7O)O[C@H](CO)[C@H]6O)O[C@H](CO)[C@H]5O)O[C@H](CO)[C@H]4O)O[C@H](CO)[C@H]3O)O[C@H](CO)[C@H]2O)[C@H](O)[C@@H](O)[C@@H]1O. The third-order valence-electron chi connectivity index (χ3n) is 20.9. The van der Waals surface area contributed by atoms with E-state index in [2.05, 4.69) is 0 Å². The fraction of sp³-hybridized carbons (Fsp3) is 1.00. The molecule has 0 spiro atoms. The lowest BCUT2D eigenvalue weighted by molar-refractivity contribution is -0.403. The molecule has 0 bridgehead atoms. The van der Waals surface area contributed by atoms with E-state index in [9.17, 15) is 163 Å². The van der Waals surface area contributed by atoms with E-state index in [1.807, 2.05) is 0 Å². The first kappa shape index (κ1) is 91.3. The smallest absolute Gasteiger partial charge is 0.187 e. The molecule has 0 saturated carbocycles. The van der Waals surface area contributed by atoms with Crippen molar-refractivity contribution < 1.29 is 253 Å². The van der Waals surface area contributed by atoms with Gasteiger partial charge in [0.25, 0.3) is 0 Å². The second-order valence-corrected chi connectivity index (χ2v) is 28.0. The van der Waals surface area contributed by atoms with Gasteiger partial charge < -0.3 is 253 Å². The van der Waals surface area contributed by atoms with Crippen LogP contribution >= 0.6 is 0 Å². The molecular formula is C60H102O51. The number of aliphatic hydroxyl groups excluding tert-OH is 32. The van der Waals surface area contributed by atoms with Crippen LogP contribution < -0.4 is 0 Å². The van der Waals surface area contributed by atoms with Crippen LogP contribution in [0.1, 0.15) is 0 Å². The highest BCUT2D eigenvalue weighted by Gasteiger charge is 2.62. The predicted molar refractivity (Wildman–Crippen MR) is 330 cm³/mol. The predicted octanol–water partition coefficient (Wildman–Crippen LogP) is -22.8. The largest absolute Gasteiger partial charge is 0.394 e. The summed E-state index contributed by atoms with van der Waals surface area (Å²) in [4.78, 5) is 0. The summed E-state index contributed by atoms with van der Waals surface area (Å²) < 4.78 is 107. The van der Waals surface area contributed by atoms with Gasteiger partial charge in [-0.05, 0) is 0 Å². The Balaban J connectivity index is 0.813. The molecule has 51 heteroatoms. The van der Waals surface area contributed by atoms with Gasteiger partial charge >= 0.3 is 0 Å². The van der Waals surface area contributed by atoms with E-state index in [1.165, 1.54) is 0 Å². The molecule has 10 aliphatic heterocycles. The second kappa shape index (κ2) is 39.4. The van der Waals surface area contributed by atoms with Gasteiger partial charge in [0.15, 0.2) is 62.9 Å². The molecule has 10 fully saturated rings. The minimum Gasteiger partial charge on any atom is -0.394 e. The van der Waals surface area contributed by atoms with Crippen LogP contribution in [0.15, 0.2) is 0 Å². The lowest BCUT2D eigenvalue weighted by atomic mass is 9.94. The number of hydrogen-bond acceptors (Lipinski definition) is 51. The van der Waals surface area contributed by atoms with Crippen molar-refractivity contribution in [3.63, 3.8) is 0 Å². The Bertz CT molecular complexity index is 2790. The second-order valence-electron chi connectivity index (χ2n) is 28.0. The van der Waals surface area contributed by atoms with E-state index < -0.39 is 373 Å². The monoisotopic (exact) mass is 1640 g/mol. The van der Waals surface area contributed by atoms with Crippen LogP contribution in [0.25, 0.3) is 0 Å². The van der Waals surface area contributed by atoms with Gasteiger partial charge in [-0.2, -0.15) is 0 Å². The van der Waals surface area contributed by atoms with E-state index in [0.29, 0.717) is 0 Å². The highest BCUT2D eigenvalue weighted by Crippen LogP contribution is 2.41. The molecule has 51 nitrogen and oxygen atoms in total. The zero-order chi connectivity index (χ0) is 81.4. The van der Waals surface area contributed by atoms with Gasteiger partial charge in [0, 0.05) is 0 Å². The highest BCUT2D eigenvalue weighted by atomic mass is 16.8. The highest BCUT2D eigenvalue weighted by molar-refractivity contribution is 5.04. The average molecular weight is 1640 g/mol. The summed E-state index contributed by atoms with van der Waals surface area (Å²) >= 11 is 0. The molecule has 0 aromatic carbocycles. The van der Waals surface area contributed by atoms with Gasteiger partial charge in [-0.25, -0.2) is 0 Å². The molecule has 0 aliphatic carbocycles. The fourth-order valence-electron chi connectivity index (χ4n) is 14.4. The van der Waals surface area contributed by atoms with Crippen molar-refractivity contribution >= 4 is 0 Å². The van der Waals surface area contributed by atoms with Crippen LogP contribution in [-0.2, 0) is 90.0 Å². The lowest BCUT2D eigenvalue weighted by Gasteiger charge is -2.50. The van der Waals surface area contributed by atoms with Crippen molar-refractivity contribution in [1.29, 1.82) is 0 Å². The molecule has 10 aliphatic rings. The molecule has 10 rings (SSSR count). The van der Waals surface area contributed by atoms with Gasteiger partial charge in [0.2, 0.25) is 0 Å². The standard InChI is InChI=1S/C60H102O51/c61-1-11-21(71)31(81)32(82)52(94-11)104-43-23(73)13(3-63)96-54(34(43)84)106-45-25(75)15(5-65)98-56(36(45)86)108-47-27(77)17(7-67)100-58(38(47)88)110-49-29(79)19(9-69)102-60(40(49)90)111-50-30(80)20(10-70)101-59(41(50)91)109-48-28(78)18(8-68)99-57(39(48)89)107-46-26(76)16(6-66)97-55(37(46)87)105-44-24(74)14(4-64)95-53(35(44)85)103-42-22(72)12(2-62)93-51(92)33(42)83/h11-92H,1-10H2/t11-,12-,13-,14-,15-,16-,17-,18-,19-,20-,21-,22-,23-,24-,25-,26-,27-,28-,29-,30-,31+,32-,33-,34-,35-,36-,37-,38-,39-,40-,41-,42+,43+,44+,45+,46+,47+,48+,49+,50+,51-,52+,53+,54+,55+,56+,57+,58+,59+,60+/m1/s1. The molecule has 0 amide bonds. The van der Waals surface area contributed by atoms with Crippen LogP contribution in [-0.4, -0.2) is 537 Å². The van der Waals surface area contributed by atoms with Gasteiger partial charge in [-0.15, -0.1) is 0 Å². The van der Waals surface area contributed by atoms with Crippen LogP contribution in [0, 0.1) is 0 Å². The normalized spacial score (nSPS) is 53.7. The molecule has 0 radical (unpaired) electrons. The summed E-state index contributed by atoms with van der Waals surface area (Å²) in [6, 6.07) is 0. The van der Waals surface area contributed by atoms with E-state index in [0.717, 1.165) is 0 Å². The van der Waals surface area contributed by atoms with Gasteiger partial charge in [0.05, 0.1) is 66.1 Å². The molecule has 0 aromatic rings. The van der Waals surface area contributed by atoms with Crippen molar-refractivity contribution in [3.8, 4) is 0 Å². The average Bonchev–Trinajstić information content (AvgIpc) is 0.772. The van der Waals surface area contributed by atoms with E-state index in [1.54, 1.807) is 0 Å². The van der Waals surface area contributed by atoms with Crippen molar-refractivity contribution in [2.24, 2.45) is 0 Å². The Morgan fingerprint density at radius 3 is 0.414 bits per heavy atom. The molecule has 648 valence electrons. The maximum atomic E-state index is 11.9. The molecule has 50 atom stereocenters. The van der Waals surface area contributed by atoms with Gasteiger partial charge in [-0.3, -0.25) is 0 Å². The summed E-state index contributed by atoms with van der Waals surface area (Å²) in [6.45, 7) is -10.9. The van der Waals surface area contributed by atoms with Crippen LogP contribution in [0.2, 0.25) is 0 Å². The summed E-state index contributed by atoms with van der Waals surface area (Å²) in [6.07, 6.45) is -106.